The monoisotopic (exact) mass is 625 g/mol. The van der Waals surface area contributed by atoms with Gasteiger partial charge in [-0.2, -0.15) is 4.98 Å². The normalized spacial score (nSPS) is 26.8. The highest BCUT2D eigenvalue weighted by atomic mass is 32.2. The summed E-state index contributed by atoms with van der Waals surface area (Å²) in [4.78, 5) is 37.9. The van der Waals surface area contributed by atoms with Crippen LogP contribution in [0.15, 0.2) is 40.5 Å². The average molecular weight is 626 g/mol. The standard InChI is InChI=1S/C32H34F3N5O3S/c1-5-26(41)37-10-18(4)38(11-17(37)3)31-23-6-16(2)27(28-24(34)7-19(33)8-25(28)35)30-29(23)40(32(42)36-31)12-21(15-44-30)39-13-22-9-20(39)14-43-22/h5-8,17-18,20-22H,1,9-15H2,2-4H3/t17-,18+,20+,21?,22+/m1/s1. The fraction of sp³-hybridized carbons (Fsp3) is 0.469. The fourth-order valence-corrected chi connectivity index (χ4v) is 8.93. The second-order valence-corrected chi connectivity index (χ2v) is 13.4. The molecule has 1 unspecified atom stereocenters. The van der Waals surface area contributed by atoms with Crippen molar-refractivity contribution >= 4 is 34.4 Å². The number of carbonyl (C=O) groups is 1. The molecule has 5 atom stereocenters. The van der Waals surface area contributed by atoms with E-state index in [-0.39, 0.29) is 41.7 Å². The molecule has 4 aliphatic heterocycles. The van der Waals surface area contributed by atoms with Gasteiger partial charge in [-0.3, -0.25) is 14.3 Å². The highest BCUT2D eigenvalue weighted by Crippen LogP contribution is 2.46. The van der Waals surface area contributed by atoms with E-state index in [4.69, 9.17) is 4.74 Å². The summed E-state index contributed by atoms with van der Waals surface area (Å²) in [5.41, 5.74) is 0.724. The van der Waals surface area contributed by atoms with E-state index in [1.807, 2.05) is 24.8 Å². The molecule has 2 aromatic carbocycles. The molecule has 0 radical (unpaired) electrons. The number of hydrogen-bond donors (Lipinski definition) is 0. The van der Waals surface area contributed by atoms with Gasteiger partial charge in [-0.1, -0.05) is 6.58 Å². The predicted octanol–water partition coefficient (Wildman–Crippen LogP) is 4.35. The van der Waals surface area contributed by atoms with Crippen LogP contribution in [0.2, 0.25) is 0 Å². The molecule has 3 aromatic rings. The molecule has 1 aromatic heterocycles. The number of nitrogens with zero attached hydrogens (tertiary/aromatic N) is 5. The number of thioether (sulfide) groups is 1. The summed E-state index contributed by atoms with van der Waals surface area (Å²) in [7, 11) is 0. The van der Waals surface area contributed by atoms with Crippen LogP contribution in [0.5, 0.6) is 0 Å². The number of amides is 1. The Hall–Kier alpha value is -3.35. The number of hydrogen-bond acceptors (Lipinski definition) is 7. The van der Waals surface area contributed by atoms with Gasteiger partial charge in [0.25, 0.3) is 0 Å². The largest absolute Gasteiger partial charge is 0.375 e. The van der Waals surface area contributed by atoms with Crippen LogP contribution in [0.4, 0.5) is 19.0 Å². The highest BCUT2D eigenvalue weighted by molar-refractivity contribution is 7.99. The Morgan fingerprint density at radius 3 is 2.45 bits per heavy atom. The molecule has 1 amide bonds. The SMILES string of the molecule is C=CC(=O)N1C[C@H](C)N(c2nc(=O)n3c4c(c(-c5c(F)cc(F)cc5F)c(C)cc24)SCC(N2C[C@@H]4C[C@H]2CO4)C3)C[C@H]1C. The Balaban J connectivity index is 1.43. The van der Waals surface area contributed by atoms with Gasteiger partial charge in [0.2, 0.25) is 5.91 Å². The number of halogens is 3. The quantitative estimate of drug-likeness (QED) is 0.400. The lowest BCUT2D eigenvalue weighted by Gasteiger charge is -2.44. The van der Waals surface area contributed by atoms with Crippen molar-refractivity contribution in [3.63, 3.8) is 0 Å². The van der Waals surface area contributed by atoms with E-state index >= 15 is 8.78 Å². The maximum Gasteiger partial charge on any atom is 0.350 e. The molecule has 44 heavy (non-hydrogen) atoms. The van der Waals surface area contributed by atoms with Gasteiger partial charge >= 0.3 is 5.69 Å². The number of likely N-dealkylation sites (tertiary alicyclic amines) is 1. The van der Waals surface area contributed by atoms with Crippen molar-refractivity contribution in [3.05, 3.63) is 64.4 Å². The lowest BCUT2D eigenvalue weighted by atomic mass is 9.96. The smallest absolute Gasteiger partial charge is 0.350 e. The molecule has 12 heteroatoms. The topological polar surface area (TPSA) is 70.9 Å². The molecule has 0 aliphatic carbocycles. The Labute approximate surface area is 257 Å². The minimum atomic E-state index is -0.995. The second kappa shape index (κ2) is 10.9. The van der Waals surface area contributed by atoms with Crippen LogP contribution < -0.4 is 10.6 Å². The molecule has 5 heterocycles. The van der Waals surface area contributed by atoms with E-state index in [1.165, 1.54) is 17.8 Å². The molecule has 4 aliphatic rings. The van der Waals surface area contributed by atoms with Crippen molar-refractivity contribution in [1.29, 1.82) is 0 Å². The van der Waals surface area contributed by atoms with Crippen LogP contribution in [0.1, 0.15) is 25.8 Å². The minimum Gasteiger partial charge on any atom is -0.375 e. The number of benzene rings is 2. The number of piperazine rings is 1. The summed E-state index contributed by atoms with van der Waals surface area (Å²) >= 11 is 1.47. The zero-order valence-corrected chi connectivity index (χ0v) is 25.7. The summed E-state index contributed by atoms with van der Waals surface area (Å²) in [6, 6.07) is 3.12. The lowest BCUT2D eigenvalue weighted by Crippen LogP contribution is -2.58. The minimum absolute atomic E-state index is 0.0247. The molecule has 2 bridgehead atoms. The maximum absolute atomic E-state index is 15.4. The van der Waals surface area contributed by atoms with Gasteiger partial charge in [-0.15, -0.1) is 11.8 Å². The molecule has 232 valence electrons. The predicted molar refractivity (Wildman–Crippen MR) is 164 cm³/mol. The Kier molecular flexibility index (Phi) is 7.29. The number of aryl methyl sites for hydroxylation is 1. The Morgan fingerprint density at radius 2 is 1.80 bits per heavy atom. The molecule has 7 rings (SSSR count). The highest BCUT2D eigenvalue weighted by Gasteiger charge is 2.43. The van der Waals surface area contributed by atoms with Gasteiger partial charge in [0.05, 0.1) is 23.8 Å². The van der Waals surface area contributed by atoms with Crippen molar-refractivity contribution in [2.75, 3.05) is 36.9 Å². The first-order valence-electron chi connectivity index (χ1n) is 15.0. The fourth-order valence-electron chi connectivity index (χ4n) is 7.51. The van der Waals surface area contributed by atoms with Crippen molar-refractivity contribution in [3.8, 4) is 11.1 Å². The molecule has 3 fully saturated rings. The molecule has 0 spiro atoms. The third-order valence-corrected chi connectivity index (χ3v) is 10.8. The number of ether oxygens (including phenoxy) is 1. The van der Waals surface area contributed by atoms with Crippen LogP contribution in [0.3, 0.4) is 0 Å². The van der Waals surface area contributed by atoms with E-state index in [1.54, 1.807) is 16.4 Å². The Bertz CT molecular complexity index is 1740. The van der Waals surface area contributed by atoms with Gasteiger partial charge in [-0.25, -0.2) is 18.0 Å². The number of anilines is 1. The number of fused-ring (bicyclic) bond motifs is 2. The van der Waals surface area contributed by atoms with Crippen LogP contribution in [0, 0.1) is 24.4 Å². The average Bonchev–Trinajstić information content (AvgIpc) is 3.55. The molecular formula is C32H34F3N5O3S. The van der Waals surface area contributed by atoms with E-state index in [2.05, 4.69) is 16.5 Å². The first kappa shape index (κ1) is 29.4. The van der Waals surface area contributed by atoms with E-state index in [0.717, 1.165) is 13.0 Å². The molecule has 3 saturated heterocycles. The second-order valence-electron chi connectivity index (χ2n) is 12.4. The van der Waals surface area contributed by atoms with Gasteiger partial charge in [0.1, 0.15) is 23.3 Å². The van der Waals surface area contributed by atoms with Gasteiger partial charge in [-0.05, 0) is 44.9 Å². The summed E-state index contributed by atoms with van der Waals surface area (Å²) in [5.74, 6) is -2.07. The van der Waals surface area contributed by atoms with Crippen molar-refractivity contribution in [1.82, 2.24) is 19.4 Å². The van der Waals surface area contributed by atoms with Crippen LogP contribution in [-0.2, 0) is 16.1 Å². The molecule has 0 N–H and O–H groups in total. The molecule has 8 nitrogen and oxygen atoms in total. The number of aromatic nitrogens is 2. The zero-order chi connectivity index (χ0) is 31.0. The first-order valence-corrected chi connectivity index (χ1v) is 16.0. The van der Waals surface area contributed by atoms with Gasteiger partial charge in [0.15, 0.2) is 0 Å². The van der Waals surface area contributed by atoms with Crippen LogP contribution in [-0.4, -0.2) is 87.5 Å². The molecular weight excluding hydrogens is 591 g/mol. The third-order valence-electron chi connectivity index (χ3n) is 9.59. The van der Waals surface area contributed by atoms with Crippen molar-refractivity contribution < 1.29 is 22.7 Å². The van der Waals surface area contributed by atoms with Crippen molar-refractivity contribution in [2.24, 2.45) is 0 Å². The molecule has 0 saturated carbocycles. The van der Waals surface area contributed by atoms with Crippen LogP contribution >= 0.6 is 11.8 Å². The van der Waals surface area contributed by atoms with Crippen LogP contribution in [0.25, 0.3) is 22.0 Å². The van der Waals surface area contributed by atoms with E-state index in [9.17, 15) is 14.0 Å². The van der Waals surface area contributed by atoms with Gasteiger partial charge < -0.3 is 14.5 Å². The summed E-state index contributed by atoms with van der Waals surface area (Å²) in [6.45, 7) is 12.0. The number of morpholine rings is 1. The Morgan fingerprint density at radius 1 is 1.05 bits per heavy atom. The summed E-state index contributed by atoms with van der Waals surface area (Å²) in [5, 5.41) is 0.700. The zero-order valence-electron chi connectivity index (χ0n) is 24.9. The summed E-state index contributed by atoms with van der Waals surface area (Å²) in [6.07, 6.45) is 2.42. The number of rotatable bonds is 4. The van der Waals surface area contributed by atoms with E-state index < -0.39 is 23.1 Å². The number of carbonyl (C=O) groups excluding carboxylic acids is 1. The van der Waals surface area contributed by atoms with E-state index in [0.29, 0.717) is 76.9 Å². The first-order chi connectivity index (χ1) is 21.0. The lowest BCUT2D eigenvalue weighted by molar-refractivity contribution is -0.128. The van der Waals surface area contributed by atoms with Crippen molar-refractivity contribution in [2.45, 2.75) is 68.9 Å². The maximum atomic E-state index is 15.4. The third kappa shape index (κ3) is 4.64. The van der Waals surface area contributed by atoms with Gasteiger partial charge in [0, 0.05) is 84.1 Å². The summed E-state index contributed by atoms with van der Waals surface area (Å²) < 4.78 is 52.2.